The van der Waals surface area contributed by atoms with Gasteiger partial charge in [-0.15, -0.1) is 0 Å². The highest BCUT2D eigenvalue weighted by Crippen LogP contribution is 2.29. The molecule has 8 heteroatoms. The van der Waals surface area contributed by atoms with Crippen molar-refractivity contribution in [2.75, 3.05) is 19.4 Å². The van der Waals surface area contributed by atoms with Crippen LogP contribution in [0.2, 0.25) is 0 Å². The van der Waals surface area contributed by atoms with Gasteiger partial charge in [0.25, 0.3) is 0 Å². The molecule has 1 amide bonds. The van der Waals surface area contributed by atoms with Gasteiger partial charge in [-0.3, -0.25) is 4.79 Å². The third kappa shape index (κ3) is 5.08. The molecule has 0 saturated carbocycles. The second-order valence-corrected chi connectivity index (χ2v) is 11.3. The molecule has 1 aromatic heterocycles. The molecule has 1 heterocycles. The summed E-state index contributed by atoms with van der Waals surface area (Å²) in [5.74, 6) is -0.0920. The first-order chi connectivity index (χ1) is 14.5. The van der Waals surface area contributed by atoms with Crippen molar-refractivity contribution >= 4 is 44.3 Å². The molecule has 0 unspecified atom stereocenters. The van der Waals surface area contributed by atoms with E-state index in [9.17, 15) is 13.2 Å². The van der Waals surface area contributed by atoms with E-state index in [0.717, 1.165) is 32.8 Å². The summed E-state index contributed by atoms with van der Waals surface area (Å²) in [4.78, 5) is 17.6. The molecule has 31 heavy (non-hydrogen) atoms. The number of thioether (sulfide) groups is 1. The maximum absolute atomic E-state index is 12.7. The van der Waals surface area contributed by atoms with Crippen LogP contribution in [0.3, 0.4) is 0 Å². The Hall–Kier alpha value is -2.42. The largest absolute Gasteiger partial charge is 0.325 e. The number of aryl methyl sites for hydroxylation is 3. The highest BCUT2D eigenvalue weighted by Gasteiger charge is 2.20. The van der Waals surface area contributed by atoms with Gasteiger partial charge in [-0.2, -0.15) is 0 Å². The van der Waals surface area contributed by atoms with Gasteiger partial charge in [0.15, 0.2) is 0 Å². The molecule has 0 saturated heterocycles. The van der Waals surface area contributed by atoms with Crippen LogP contribution in [-0.2, 0) is 14.8 Å². The normalized spacial score (nSPS) is 12.9. The molecule has 3 rings (SSSR count). The quantitative estimate of drug-likeness (QED) is 0.550. The van der Waals surface area contributed by atoms with Crippen molar-refractivity contribution in [1.29, 1.82) is 0 Å². The number of nitrogens with one attached hydrogen (secondary N) is 1. The van der Waals surface area contributed by atoms with Crippen molar-refractivity contribution in [2.45, 2.75) is 42.9 Å². The zero-order chi connectivity index (χ0) is 22.9. The molecule has 1 N–H and O–H groups in total. The Morgan fingerprint density at radius 2 is 1.74 bits per heavy atom. The number of nitrogens with zero attached hydrogens (tertiary/aromatic N) is 2. The molecule has 164 valence electrons. The molecular formula is C23H27N3O3S2. The van der Waals surface area contributed by atoms with E-state index in [4.69, 9.17) is 0 Å². The molecule has 0 fully saturated rings. The van der Waals surface area contributed by atoms with Crippen molar-refractivity contribution in [3.05, 3.63) is 59.2 Å². The van der Waals surface area contributed by atoms with Crippen LogP contribution >= 0.6 is 11.8 Å². The number of amides is 1. The molecule has 0 aliphatic carbocycles. The fraction of sp³-hybridized carbons (Fsp3) is 0.304. The van der Waals surface area contributed by atoms with Crippen LogP contribution < -0.4 is 5.32 Å². The minimum atomic E-state index is -3.51. The maximum Gasteiger partial charge on any atom is 0.242 e. The van der Waals surface area contributed by atoms with E-state index in [1.807, 2.05) is 52.0 Å². The standard InChI is InChI=1S/C23H27N3O3S2/c1-14-7-8-15(2)21(11-14)25-23(27)17(4)30-22-12-16(3)19-13-18(9-10-20(19)24-22)31(28,29)26(5)6/h7-13,17H,1-6H3,(H,25,27)/t17-/m1/s1. The number of hydrogen-bond donors (Lipinski definition) is 1. The summed E-state index contributed by atoms with van der Waals surface area (Å²) in [6, 6.07) is 12.8. The van der Waals surface area contributed by atoms with Gasteiger partial charge in [-0.1, -0.05) is 23.9 Å². The first-order valence-corrected chi connectivity index (χ1v) is 12.2. The monoisotopic (exact) mass is 457 g/mol. The first-order valence-electron chi connectivity index (χ1n) is 9.88. The Morgan fingerprint density at radius 1 is 1.03 bits per heavy atom. The van der Waals surface area contributed by atoms with E-state index in [2.05, 4.69) is 10.3 Å². The fourth-order valence-corrected chi connectivity index (χ4v) is 4.97. The summed E-state index contributed by atoms with van der Waals surface area (Å²) in [6.45, 7) is 7.72. The highest BCUT2D eigenvalue weighted by atomic mass is 32.2. The first kappa shape index (κ1) is 23.2. The van der Waals surface area contributed by atoms with E-state index in [0.29, 0.717) is 5.52 Å². The highest BCUT2D eigenvalue weighted by molar-refractivity contribution is 8.00. The van der Waals surface area contributed by atoms with Crippen molar-refractivity contribution in [1.82, 2.24) is 9.29 Å². The summed E-state index contributed by atoms with van der Waals surface area (Å²) >= 11 is 1.37. The number of pyridine rings is 1. The maximum atomic E-state index is 12.7. The fourth-order valence-electron chi connectivity index (χ4n) is 3.11. The van der Waals surface area contributed by atoms with Gasteiger partial charge in [0.05, 0.1) is 20.7 Å². The van der Waals surface area contributed by atoms with Crippen LogP contribution in [0.4, 0.5) is 5.69 Å². The van der Waals surface area contributed by atoms with Crippen LogP contribution in [0.1, 0.15) is 23.6 Å². The second kappa shape index (κ2) is 8.98. The Balaban J connectivity index is 1.83. The zero-order valence-electron chi connectivity index (χ0n) is 18.6. The number of sulfonamides is 1. The van der Waals surface area contributed by atoms with Crippen LogP contribution in [-0.4, -0.2) is 43.0 Å². The van der Waals surface area contributed by atoms with Crippen molar-refractivity contribution in [3.63, 3.8) is 0 Å². The number of carbonyl (C=O) groups is 1. The van der Waals surface area contributed by atoms with E-state index < -0.39 is 10.0 Å². The minimum Gasteiger partial charge on any atom is -0.325 e. The van der Waals surface area contributed by atoms with Gasteiger partial charge < -0.3 is 5.32 Å². The average molecular weight is 458 g/mol. The SMILES string of the molecule is Cc1ccc(C)c(NC(=O)[C@@H](C)Sc2cc(C)c3cc(S(=O)(=O)N(C)C)ccc3n2)c1. The number of benzene rings is 2. The topological polar surface area (TPSA) is 79.4 Å². The lowest BCUT2D eigenvalue weighted by molar-refractivity contribution is -0.115. The lowest BCUT2D eigenvalue weighted by Crippen LogP contribution is -2.23. The third-order valence-electron chi connectivity index (χ3n) is 5.06. The van der Waals surface area contributed by atoms with Crippen LogP contribution in [0.15, 0.2) is 52.4 Å². The van der Waals surface area contributed by atoms with Gasteiger partial charge in [-0.25, -0.2) is 17.7 Å². The lowest BCUT2D eigenvalue weighted by Gasteiger charge is -2.15. The van der Waals surface area contributed by atoms with Crippen molar-refractivity contribution in [3.8, 4) is 0 Å². The average Bonchev–Trinajstić information content (AvgIpc) is 2.70. The number of hydrogen-bond acceptors (Lipinski definition) is 5. The van der Waals surface area contributed by atoms with Gasteiger partial charge in [0.2, 0.25) is 15.9 Å². The number of aromatic nitrogens is 1. The smallest absolute Gasteiger partial charge is 0.242 e. The lowest BCUT2D eigenvalue weighted by atomic mass is 10.1. The summed E-state index contributed by atoms with van der Waals surface area (Å²) in [6.07, 6.45) is 0. The summed E-state index contributed by atoms with van der Waals surface area (Å²) in [5.41, 5.74) is 4.52. The van der Waals surface area contributed by atoms with Gasteiger partial charge >= 0.3 is 0 Å². The molecule has 0 bridgehead atoms. The molecular weight excluding hydrogens is 430 g/mol. The van der Waals surface area contributed by atoms with Gasteiger partial charge in [0, 0.05) is 25.2 Å². The summed E-state index contributed by atoms with van der Waals surface area (Å²) in [5, 5.41) is 4.15. The van der Waals surface area contributed by atoms with Gasteiger partial charge in [-0.05, 0) is 74.7 Å². The van der Waals surface area contributed by atoms with Crippen LogP contribution in [0.5, 0.6) is 0 Å². The van der Waals surface area contributed by atoms with E-state index in [1.54, 1.807) is 18.2 Å². The predicted molar refractivity (Wildman–Crippen MR) is 127 cm³/mol. The molecule has 0 spiro atoms. The summed E-state index contributed by atoms with van der Waals surface area (Å²) in [7, 11) is -0.497. The second-order valence-electron chi connectivity index (χ2n) is 7.81. The number of fused-ring (bicyclic) bond motifs is 1. The molecule has 2 aromatic carbocycles. The van der Waals surface area contributed by atoms with E-state index in [-0.39, 0.29) is 16.1 Å². The van der Waals surface area contributed by atoms with E-state index in [1.165, 1.54) is 30.2 Å². The van der Waals surface area contributed by atoms with Crippen LogP contribution in [0.25, 0.3) is 10.9 Å². The minimum absolute atomic E-state index is 0.0920. The van der Waals surface area contributed by atoms with Gasteiger partial charge in [0.1, 0.15) is 0 Å². The Kier molecular flexibility index (Phi) is 6.73. The molecule has 6 nitrogen and oxygen atoms in total. The number of carbonyl (C=O) groups excluding carboxylic acids is 1. The predicted octanol–water partition coefficient (Wildman–Crippen LogP) is 4.53. The number of anilines is 1. The molecule has 0 aliphatic rings. The Labute approximate surface area is 188 Å². The molecule has 0 aliphatic heterocycles. The number of rotatable bonds is 6. The molecule has 3 aromatic rings. The summed E-state index contributed by atoms with van der Waals surface area (Å²) < 4.78 is 26.0. The molecule has 1 atom stereocenters. The molecule has 0 radical (unpaired) electrons. The Morgan fingerprint density at radius 3 is 2.42 bits per heavy atom. The Bertz CT molecular complexity index is 1250. The zero-order valence-corrected chi connectivity index (χ0v) is 20.2. The third-order valence-corrected chi connectivity index (χ3v) is 7.89. The van der Waals surface area contributed by atoms with E-state index >= 15 is 0 Å². The van der Waals surface area contributed by atoms with Crippen LogP contribution in [0, 0.1) is 20.8 Å². The van der Waals surface area contributed by atoms with Crippen molar-refractivity contribution in [2.24, 2.45) is 0 Å². The van der Waals surface area contributed by atoms with Crippen molar-refractivity contribution < 1.29 is 13.2 Å².